The van der Waals surface area contributed by atoms with E-state index in [4.69, 9.17) is 22.9 Å². The van der Waals surface area contributed by atoms with Gasteiger partial charge < -0.3 is 22.9 Å². The molecule has 0 saturated carbocycles. The fourth-order valence-corrected chi connectivity index (χ4v) is 5.02. The summed E-state index contributed by atoms with van der Waals surface area (Å²) in [6.07, 6.45) is 0.773. The van der Waals surface area contributed by atoms with Crippen molar-refractivity contribution < 1.29 is 22.9 Å². The van der Waals surface area contributed by atoms with Gasteiger partial charge in [0.1, 0.15) is 19.3 Å². The molecule has 6 nitrogen and oxygen atoms in total. The Kier molecular flexibility index (Phi) is 10.3. The van der Waals surface area contributed by atoms with E-state index in [2.05, 4.69) is 64.1 Å². The molecular formula is C16H39NO5Si3. The fraction of sp³-hybridized carbons (Fsp3) is 0.938. The Hall–Kier alpha value is -0.0394. The molecule has 0 bridgehead atoms. The monoisotopic (exact) mass is 409 g/mol. The summed E-state index contributed by atoms with van der Waals surface area (Å²) in [6.45, 7) is 20.0. The number of hydrogen-bond acceptors (Lipinski definition) is 6. The van der Waals surface area contributed by atoms with Crippen LogP contribution in [0.2, 0.25) is 58.9 Å². The third-order valence-corrected chi connectivity index (χ3v) is 5.97. The first-order valence-electron chi connectivity index (χ1n) is 8.77. The molecule has 0 aliphatic heterocycles. The summed E-state index contributed by atoms with van der Waals surface area (Å²) >= 11 is 0. The van der Waals surface area contributed by atoms with E-state index in [9.17, 15) is 0 Å². The first-order chi connectivity index (χ1) is 11.2. The summed E-state index contributed by atoms with van der Waals surface area (Å²) in [7, 11) is -2.16. The average molecular weight is 410 g/mol. The van der Waals surface area contributed by atoms with Crippen LogP contribution in [0.1, 0.15) is 0 Å². The van der Waals surface area contributed by atoms with Crippen LogP contribution in [0.15, 0.2) is 5.16 Å². The van der Waals surface area contributed by atoms with Gasteiger partial charge in [-0.2, -0.15) is 0 Å². The quantitative estimate of drug-likeness (QED) is 0.278. The van der Waals surface area contributed by atoms with Crippen LogP contribution in [0.5, 0.6) is 0 Å². The van der Waals surface area contributed by atoms with E-state index < -0.39 is 25.0 Å². The summed E-state index contributed by atoms with van der Waals surface area (Å²) in [5.41, 5.74) is 0. The molecule has 0 fully saturated rings. The van der Waals surface area contributed by atoms with Crippen molar-refractivity contribution in [3.63, 3.8) is 0 Å². The van der Waals surface area contributed by atoms with Gasteiger partial charge in [0.15, 0.2) is 25.0 Å². The fourth-order valence-electron chi connectivity index (χ4n) is 2.15. The Balaban J connectivity index is 5.63. The molecule has 0 spiro atoms. The third-order valence-electron chi connectivity index (χ3n) is 2.95. The Morgan fingerprint density at radius 3 is 1.68 bits per heavy atom. The summed E-state index contributed by atoms with van der Waals surface area (Å²) < 4.78 is 24.7. The van der Waals surface area contributed by atoms with Crippen molar-refractivity contribution in [1.82, 2.24) is 0 Å². The molecule has 0 aromatic carbocycles. The maximum absolute atomic E-state index is 6.46. The minimum absolute atomic E-state index is 0.210. The molecule has 0 N–H and O–H groups in total. The molecule has 0 saturated heterocycles. The molecule has 25 heavy (non-hydrogen) atoms. The second-order valence-corrected chi connectivity index (χ2v) is 22.5. The van der Waals surface area contributed by atoms with Crippen molar-refractivity contribution in [2.75, 3.05) is 20.8 Å². The molecular weight excluding hydrogens is 370 g/mol. The predicted molar refractivity (Wildman–Crippen MR) is 112 cm³/mol. The lowest BCUT2D eigenvalue weighted by molar-refractivity contribution is -0.0460. The highest BCUT2D eigenvalue weighted by Gasteiger charge is 2.38. The number of nitrogens with zero attached hydrogens (tertiary/aromatic N) is 1. The normalized spacial score (nSPS) is 17.6. The molecule has 0 aromatic rings. The second kappa shape index (κ2) is 10.3. The lowest BCUT2D eigenvalue weighted by atomic mass is 10.1. The van der Waals surface area contributed by atoms with Crippen molar-refractivity contribution in [3.8, 4) is 0 Å². The molecule has 0 aliphatic rings. The van der Waals surface area contributed by atoms with Crippen LogP contribution in [0.4, 0.5) is 0 Å². The van der Waals surface area contributed by atoms with Gasteiger partial charge in [-0.1, -0.05) is 5.16 Å². The van der Waals surface area contributed by atoms with Crippen LogP contribution in [0.25, 0.3) is 0 Å². The van der Waals surface area contributed by atoms with Gasteiger partial charge in [-0.3, -0.25) is 0 Å². The molecule has 0 heterocycles. The van der Waals surface area contributed by atoms with Gasteiger partial charge in [0.2, 0.25) is 0 Å². The molecule has 3 atom stereocenters. The molecule has 0 aliphatic carbocycles. The molecule has 150 valence electrons. The average Bonchev–Trinajstić information content (AvgIpc) is 2.39. The minimum Gasteiger partial charge on any atom is -0.415 e. The first kappa shape index (κ1) is 25.0. The van der Waals surface area contributed by atoms with Gasteiger partial charge >= 0.3 is 0 Å². The molecule has 3 unspecified atom stereocenters. The Morgan fingerprint density at radius 1 is 0.800 bits per heavy atom. The van der Waals surface area contributed by atoms with E-state index in [1.54, 1.807) is 13.3 Å². The highest BCUT2D eigenvalue weighted by molar-refractivity contribution is 6.70. The van der Waals surface area contributed by atoms with Crippen LogP contribution in [-0.4, -0.2) is 70.3 Å². The van der Waals surface area contributed by atoms with E-state index in [0.29, 0.717) is 6.61 Å². The highest BCUT2D eigenvalue weighted by atomic mass is 28.4. The summed E-state index contributed by atoms with van der Waals surface area (Å²) in [5, 5.41) is 3.89. The van der Waals surface area contributed by atoms with Gasteiger partial charge in [0.05, 0.1) is 18.9 Å². The van der Waals surface area contributed by atoms with Crippen LogP contribution >= 0.6 is 0 Å². The smallest absolute Gasteiger partial charge is 0.184 e. The van der Waals surface area contributed by atoms with Crippen molar-refractivity contribution in [1.29, 1.82) is 0 Å². The van der Waals surface area contributed by atoms with Gasteiger partial charge in [0.25, 0.3) is 0 Å². The highest BCUT2D eigenvalue weighted by Crippen LogP contribution is 2.22. The van der Waals surface area contributed by atoms with Gasteiger partial charge in [-0.05, 0) is 58.9 Å². The first-order valence-corrected chi connectivity index (χ1v) is 19.0. The van der Waals surface area contributed by atoms with Crippen molar-refractivity contribution in [2.24, 2.45) is 5.16 Å². The van der Waals surface area contributed by atoms with Crippen molar-refractivity contribution in [2.45, 2.75) is 77.2 Å². The van der Waals surface area contributed by atoms with Crippen molar-refractivity contribution >= 4 is 31.2 Å². The van der Waals surface area contributed by atoms with E-state index in [1.807, 2.05) is 0 Å². The Labute approximate surface area is 157 Å². The van der Waals surface area contributed by atoms with E-state index in [1.165, 1.54) is 7.11 Å². The summed E-state index contributed by atoms with van der Waals surface area (Å²) in [5.74, 6) is 0. The zero-order valence-corrected chi connectivity index (χ0v) is 21.0. The lowest BCUT2D eigenvalue weighted by Gasteiger charge is -2.39. The Morgan fingerprint density at radius 2 is 1.32 bits per heavy atom. The van der Waals surface area contributed by atoms with Gasteiger partial charge in [-0.25, -0.2) is 0 Å². The summed E-state index contributed by atoms with van der Waals surface area (Å²) in [6, 6.07) is 0. The number of hydrogen-bond donors (Lipinski definition) is 0. The van der Waals surface area contributed by atoms with Crippen molar-refractivity contribution in [3.05, 3.63) is 0 Å². The largest absolute Gasteiger partial charge is 0.415 e. The van der Waals surface area contributed by atoms with Crippen LogP contribution in [-0.2, 0) is 22.9 Å². The van der Waals surface area contributed by atoms with E-state index >= 15 is 0 Å². The second-order valence-electron chi connectivity index (χ2n) is 9.02. The topological polar surface area (TPSA) is 58.5 Å². The molecule has 0 amide bonds. The van der Waals surface area contributed by atoms with E-state index in [-0.39, 0.29) is 18.3 Å². The van der Waals surface area contributed by atoms with Crippen LogP contribution in [0, 0.1) is 0 Å². The Bertz CT molecular complexity index is 402. The third kappa shape index (κ3) is 12.9. The molecule has 0 aromatic heterocycles. The maximum Gasteiger partial charge on any atom is 0.184 e. The van der Waals surface area contributed by atoms with Crippen LogP contribution < -0.4 is 0 Å². The maximum atomic E-state index is 6.46. The van der Waals surface area contributed by atoms with E-state index in [0.717, 1.165) is 0 Å². The van der Waals surface area contributed by atoms with Gasteiger partial charge in [-0.15, -0.1) is 0 Å². The summed E-state index contributed by atoms with van der Waals surface area (Å²) in [4.78, 5) is 4.84. The van der Waals surface area contributed by atoms with Gasteiger partial charge in [0, 0.05) is 7.11 Å². The molecule has 0 radical (unpaired) electrons. The minimum atomic E-state index is -1.84. The standard InChI is InChI=1S/C16H39NO5Si3/c1-18-14(12-17-19-2)16(22-25(9,10)11)15(21-24(6,7)8)13-20-23(3,4)5/h12,14-16H,13H2,1-11H3. The molecule has 9 heteroatoms. The number of methoxy groups -OCH3 is 1. The lowest BCUT2D eigenvalue weighted by Crippen LogP contribution is -2.53. The zero-order chi connectivity index (χ0) is 19.9. The number of oxime groups is 1. The SMILES string of the molecule is CON=CC(OC)C(O[Si](C)(C)C)C(CO[Si](C)(C)C)O[Si](C)(C)C. The zero-order valence-electron chi connectivity index (χ0n) is 18.0. The molecule has 0 rings (SSSR count). The van der Waals surface area contributed by atoms with Crippen LogP contribution in [0.3, 0.4) is 0 Å². The number of ether oxygens (including phenoxy) is 1. The number of rotatable bonds is 12. The predicted octanol–water partition coefficient (Wildman–Crippen LogP) is 3.93.